The SMILES string of the molecule is O=C(O)c1csc(C(c2cccs2)S(=O)O)n1. The second-order valence-corrected chi connectivity index (χ2v) is 5.94. The second kappa shape index (κ2) is 5.05. The highest BCUT2D eigenvalue weighted by Crippen LogP contribution is 2.32. The van der Waals surface area contributed by atoms with Gasteiger partial charge in [-0.3, -0.25) is 0 Å². The molecule has 2 heterocycles. The van der Waals surface area contributed by atoms with E-state index in [0.29, 0.717) is 9.88 Å². The topological polar surface area (TPSA) is 87.5 Å². The van der Waals surface area contributed by atoms with Crippen LogP contribution in [-0.2, 0) is 11.1 Å². The number of hydrogen-bond acceptors (Lipinski definition) is 5. The molecule has 0 aromatic carbocycles. The predicted molar refractivity (Wildman–Crippen MR) is 66.0 cm³/mol. The molecule has 2 aromatic heterocycles. The van der Waals surface area contributed by atoms with Crippen molar-refractivity contribution in [3.63, 3.8) is 0 Å². The van der Waals surface area contributed by atoms with E-state index < -0.39 is 22.3 Å². The molecule has 0 fully saturated rings. The van der Waals surface area contributed by atoms with Crippen molar-refractivity contribution in [3.8, 4) is 0 Å². The van der Waals surface area contributed by atoms with Gasteiger partial charge in [0.15, 0.2) is 16.8 Å². The quantitative estimate of drug-likeness (QED) is 0.843. The molecule has 0 aliphatic rings. The number of hydrogen-bond donors (Lipinski definition) is 2. The predicted octanol–water partition coefficient (Wildman–Crippen LogP) is 2.21. The van der Waals surface area contributed by atoms with Gasteiger partial charge in [0, 0.05) is 10.3 Å². The fraction of sp³-hybridized carbons (Fsp3) is 0.111. The molecule has 90 valence electrons. The third-order valence-corrected chi connectivity index (χ3v) is 4.99. The summed E-state index contributed by atoms with van der Waals surface area (Å²) in [6, 6.07) is 3.50. The summed E-state index contributed by atoms with van der Waals surface area (Å²) in [5, 5.41) is 11.5. The van der Waals surface area contributed by atoms with Crippen LogP contribution in [0.2, 0.25) is 0 Å². The summed E-state index contributed by atoms with van der Waals surface area (Å²) in [4.78, 5) is 15.3. The van der Waals surface area contributed by atoms with Gasteiger partial charge < -0.3 is 9.66 Å². The highest BCUT2D eigenvalue weighted by Gasteiger charge is 2.25. The van der Waals surface area contributed by atoms with Crippen LogP contribution in [0.3, 0.4) is 0 Å². The molecule has 5 nitrogen and oxygen atoms in total. The lowest BCUT2D eigenvalue weighted by molar-refractivity contribution is 0.0691. The van der Waals surface area contributed by atoms with Gasteiger partial charge in [0.25, 0.3) is 0 Å². The van der Waals surface area contributed by atoms with Gasteiger partial charge in [-0.15, -0.1) is 22.7 Å². The van der Waals surface area contributed by atoms with E-state index in [9.17, 15) is 13.6 Å². The third-order valence-electron chi connectivity index (χ3n) is 1.97. The van der Waals surface area contributed by atoms with E-state index >= 15 is 0 Å². The molecule has 0 aliphatic carbocycles. The van der Waals surface area contributed by atoms with Crippen LogP contribution in [0.25, 0.3) is 0 Å². The molecule has 0 aliphatic heterocycles. The van der Waals surface area contributed by atoms with Gasteiger partial charge >= 0.3 is 5.97 Å². The van der Waals surface area contributed by atoms with Gasteiger partial charge in [-0.2, -0.15) is 0 Å². The fourth-order valence-corrected chi connectivity index (χ4v) is 4.15. The van der Waals surface area contributed by atoms with Gasteiger partial charge in [-0.05, 0) is 11.4 Å². The zero-order chi connectivity index (χ0) is 12.4. The van der Waals surface area contributed by atoms with E-state index in [-0.39, 0.29) is 5.69 Å². The average Bonchev–Trinajstić information content (AvgIpc) is 2.88. The lowest BCUT2D eigenvalue weighted by atomic mass is 10.3. The van der Waals surface area contributed by atoms with Gasteiger partial charge in [-0.1, -0.05) is 6.07 Å². The minimum absolute atomic E-state index is 0.1000. The minimum Gasteiger partial charge on any atom is -0.476 e. The van der Waals surface area contributed by atoms with Crippen LogP contribution in [0, 0.1) is 0 Å². The van der Waals surface area contributed by atoms with Gasteiger partial charge in [0.05, 0.1) is 0 Å². The normalized spacial score (nSPS) is 14.4. The molecule has 0 saturated carbocycles. The molecule has 8 heteroatoms. The Morgan fingerprint density at radius 2 is 2.24 bits per heavy atom. The maximum Gasteiger partial charge on any atom is 0.355 e. The van der Waals surface area contributed by atoms with Gasteiger partial charge in [-0.25, -0.2) is 14.0 Å². The Kier molecular flexibility index (Phi) is 3.67. The van der Waals surface area contributed by atoms with Gasteiger partial charge in [0.2, 0.25) is 0 Å². The number of aromatic carboxylic acids is 1. The molecule has 2 aromatic rings. The first-order valence-corrected chi connectivity index (χ1v) is 7.34. The molecule has 2 N–H and O–H groups in total. The van der Waals surface area contributed by atoms with Crippen LogP contribution in [-0.4, -0.2) is 24.8 Å². The Morgan fingerprint density at radius 1 is 1.47 bits per heavy atom. The lowest BCUT2D eigenvalue weighted by Crippen LogP contribution is -2.06. The maximum absolute atomic E-state index is 11.3. The Bertz CT molecular complexity index is 548. The zero-order valence-electron chi connectivity index (χ0n) is 8.27. The van der Waals surface area contributed by atoms with Crippen LogP contribution < -0.4 is 0 Å². The van der Waals surface area contributed by atoms with E-state index in [1.165, 1.54) is 16.7 Å². The molecule has 0 spiro atoms. The molecule has 2 unspecified atom stereocenters. The monoisotopic (exact) mass is 289 g/mol. The van der Waals surface area contributed by atoms with Crippen molar-refractivity contribution < 1.29 is 18.7 Å². The van der Waals surface area contributed by atoms with Crippen LogP contribution in [0.4, 0.5) is 0 Å². The molecular weight excluding hydrogens is 282 g/mol. The number of carboxylic acid groups (broad SMARTS) is 1. The van der Waals surface area contributed by atoms with Crippen molar-refractivity contribution in [2.45, 2.75) is 5.25 Å². The van der Waals surface area contributed by atoms with Crippen molar-refractivity contribution in [3.05, 3.63) is 38.5 Å². The van der Waals surface area contributed by atoms with Crippen molar-refractivity contribution >= 4 is 39.7 Å². The van der Waals surface area contributed by atoms with Crippen molar-refractivity contribution in [2.75, 3.05) is 0 Å². The second-order valence-electron chi connectivity index (χ2n) is 3.05. The summed E-state index contributed by atoms with van der Waals surface area (Å²) >= 11 is 0.294. The molecule has 0 bridgehead atoms. The molecule has 0 amide bonds. The lowest BCUT2D eigenvalue weighted by Gasteiger charge is -2.06. The Labute approximate surface area is 107 Å². The number of carbonyl (C=O) groups is 1. The smallest absolute Gasteiger partial charge is 0.355 e. The highest BCUT2D eigenvalue weighted by molar-refractivity contribution is 7.80. The first kappa shape index (κ1) is 12.4. The number of thiophene rings is 1. The Hall–Kier alpha value is -1.09. The maximum atomic E-state index is 11.3. The molecule has 2 rings (SSSR count). The standard InChI is InChI=1S/C9H7NO4S3/c11-9(12)5-4-16-8(10-5)7(17(13)14)6-2-1-3-15-6/h1-4,7H,(H,11,12)(H,13,14). The third kappa shape index (κ3) is 2.60. The number of carboxylic acids is 1. The average molecular weight is 289 g/mol. The molecule has 2 atom stereocenters. The van der Waals surface area contributed by atoms with E-state index in [4.69, 9.17) is 5.11 Å². The number of thiazole rings is 1. The van der Waals surface area contributed by atoms with Crippen LogP contribution >= 0.6 is 22.7 Å². The summed E-state index contributed by atoms with van der Waals surface area (Å²) in [5.74, 6) is -1.14. The van der Waals surface area contributed by atoms with E-state index in [1.807, 2.05) is 0 Å². The summed E-state index contributed by atoms with van der Waals surface area (Å²) in [5.41, 5.74) is -0.1000. The zero-order valence-corrected chi connectivity index (χ0v) is 10.7. The molecule has 17 heavy (non-hydrogen) atoms. The number of aromatic nitrogens is 1. The Balaban J connectivity index is 2.40. The molecular formula is C9H7NO4S3. The van der Waals surface area contributed by atoms with Gasteiger partial charge in [0.1, 0.15) is 10.3 Å². The molecule has 0 saturated heterocycles. The first-order chi connectivity index (χ1) is 8.09. The van der Waals surface area contributed by atoms with E-state index in [1.54, 1.807) is 17.5 Å². The Morgan fingerprint density at radius 3 is 2.71 bits per heavy atom. The summed E-state index contributed by atoms with van der Waals surface area (Å²) < 4.78 is 20.6. The number of nitrogens with zero attached hydrogens (tertiary/aromatic N) is 1. The number of rotatable bonds is 4. The van der Waals surface area contributed by atoms with E-state index in [2.05, 4.69) is 4.98 Å². The summed E-state index contributed by atoms with van der Waals surface area (Å²) in [6.45, 7) is 0. The summed E-state index contributed by atoms with van der Waals surface area (Å²) in [7, 11) is 0. The van der Waals surface area contributed by atoms with Crippen molar-refractivity contribution in [2.24, 2.45) is 0 Å². The van der Waals surface area contributed by atoms with Crippen LogP contribution in [0.5, 0.6) is 0 Å². The first-order valence-electron chi connectivity index (χ1n) is 4.41. The summed E-state index contributed by atoms with van der Waals surface area (Å²) in [6.07, 6.45) is 0. The van der Waals surface area contributed by atoms with Crippen molar-refractivity contribution in [1.82, 2.24) is 4.98 Å². The molecule has 0 radical (unpaired) electrons. The van der Waals surface area contributed by atoms with Crippen LogP contribution in [0.15, 0.2) is 22.9 Å². The highest BCUT2D eigenvalue weighted by atomic mass is 32.2. The van der Waals surface area contributed by atoms with E-state index in [0.717, 1.165) is 11.3 Å². The fourth-order valence-electron chi connectivity index (χ4n) is 1.25. The largest absolute Gasteiger partial charge is 0.476 e. The van der Waals surface area contributed by atoms with Crippen molar-refractivity contribution in [1.29, 1.82) is 0 Å². The minimum atomic E-state index is -2.12. The van der Waals surface area contributed by atoms with Crippen LogP contribution in [0.1, 0.15) is 25.6 Å².